The maximum atomic E-state index is 12.6. The highest BCUT2D eigenvalue weighted by molar-refractivity contribution is 5.78. The number of carbonyl (C=O) groups excluding carboxylic acids is 1. The quantitative estimate of drug-likeness (QED) is 0.524. The van der Waals surface area contributed by atoms with E-state index in [0.717, 1.165) is 40.6 Å². The number of nitrogens with zero attached hydrogens (tertiary/aromatic N) is 4. The largest absolute Gasteiger partial charge is 0.494 e. The van der Waals surface area contributed by atoms with Gasteiger partial charge in [0, 0.05) is 31.7 Å². The minimum absolute atomic E-state index is 0.0116. The van der Waals surface area contributed by atoms with E-state index in [1.807, 2.05) is 72.5 Å². The molecule has 0 atom stereocenters. The van der Waals surface area contributed by atoms with Crippen LogP contribution < -0.4 is 14.4 Å². The van der Waals surface area contributed by atoms with E-state index in [9.17, 15) is 4.79 Å². The molecule has 172 valence electrons. The van der Waals surface area contributed by atoms with Crippen molar-refractivity contribution < 1.29 is 14.3 Å². The molecule has 1 aliphatic rings. The molecule has 0 unspecified atom stereocenters. The van der Waals surface area contributed by atoms with E-state index in [1.165, 1.54) is 0 Å². The number of anilines is 1. The second kappa shape index (κ2) is 10.8. The van der Waals surface area contributed by atoms with Crippen molar-refractivity contribution in [3.8, 4) is 22.8 Å². The van der Waals surface area contributed by atoms with E-state index in [0.29, 0.717) is 32.8 Å². The number of hydrogen-bond acceptors (Lipinski definition) is 6. The summed E-state index contributed by atoms with van der Waals surface area (Å²) in [6.07, 6.45) is 0.876. The van der Waals surface area contributed by atoms with Gasteiger partial charge in [0.15, 0.2) is 12.4 Å². The van der Waals surface area contributed by atoms with Gasteiger partial charge in [0.05, 0.1) is 12.3 Å². The molecule has 2 heterocycles. The Hall–Kier alpha value is -3.61. The van der Waals surface area contributed by atoms with Crippen LogP contribution in [0.2, 0.25) is 0 Å². The van der Waals surface area contributed by atoms with Gasteiger partial charge in [-0.2, -0.15) is 0 Å². The number of ether oxygens (including phenoxy) is 2. The molecule has 1 saturated heterocycles. The van der Waals surface area contributed by atoms with Crippen molar-refractivity contribution >= 4 is 11.7 Å². The number of amides is 1. The Balaban J connectivity index is 1.29. The van der Waals surface area contributed by atoms with Gasteiger partial charge in [-0.3, -0.25) is 4.79 Å². The zero-order valence-electron chi connectivity index (χ0n) is 19.2. The van der Waals surface area contributed by atoms with E-state index in [4.69, 9.17) is 9.47 Å². The van der Waals surface area contributed by atoms with Gasteiger partial charge >= 0.3 is 0 Å². The van der Waals surface area contributed by atoms with Crippen molar-refractivity contribution in [3.05, 3.63) is 66.2 Å². The third-order valence-corrected chi connectivity index (χ3v) is 5.77. The van der Waals surface area contributed by atoms with Crippen molar-refractivity contribution in [1.29, 1.82) is 0 Å². The molecule has 1 fully saturated rings. The summed E-state index contributed by atoms with van der Waals surface area (Å²) >= 11 is 0. The predicted octanol–water partition coefficient (Wildman–Crippen LogP) is 3.83. The van der Waals surface area contributed by atoms with E-state index >= 15 is 0 Å². The van der Waals surface area contributed by atoms with Crippen LogP contribution >= 0.6 is 0 Å². The van der Waals surface area contributed by atoms with E-state index < -0.39 is 0 Å². The first-order valence-electron chi connectivity index (χ1n) is 11.5. The molecule has 2 aromatic carbocycles. The molecule has 1 aliphatic heterocycles. The van der Waals surface area contributed by atoms with Gasteiger partial charge in [-0.05, 0) is 61.4 Å². The second-order valence-corrected chi connectivity index (χ2v) is 7.85. The number of para-hydroxylation sites is 1. The van der Waals surface area contributed by atoms with Gasteiger partial charge in [0.2, 0.25) is 0 Å². The van der Waals surface area contributed by atoms with Crippen LogP contribution in [0.4, 0.5) is 5.82 Å². The highest BCUT2D eigenvalue weighted by atomic mass is 16.5. The normalized spacial score (nSPS) is 13.6. The lowest BCUT2D eigenvalue weighted by Gasteiger charge is -2.35. The van der Waals surface area contributed by atoms with Gasteiger partial charge < -0.3 is 19.3 Å². The van der Waals surface area contributed by atoms with Crippen molar-refractivity contribution in [2.75, 3.05) is 44.3 Å². The lowest BCUT2D eigenvalue weighted by Crippen LogP contribution is -2.50. The first-order chi connectivity index (χ1) is 16.2. The number of piperazine rings is 1. The summed E-state index contributed by atoms with van der Waals surface area (Å²) in [5.74, 6) is 2.47. The molecule has 7 heteroatoms. The third-order valence-electron chi connectivity index (χ3n) is 5.77. The summed E-state index contributed by atoms with van der Waals surface area (Å²) in [5, 5.41) is 8.82. The zero-order chi connectivity index (χ0) is 23.0. The molecule has 33 heavy (non-hydrogen) atoms. The molecule has 0 bridgehead atoms. The highest BCUT2D eigenvalue weighted by Crippen LogP contribution is 2.22. The average Bonchev–Trinajstić information content (AvgIpc) is 2.88. The Morgan fingerprint density at radius 1 is 0.879 bits per heavy atom. The average molecular weight is 447 g/mol. The molecule has 4 rings (SSSR count). The lowest BCUT2D eigenvalue weighted by molar-refractivity contribution is -0.133. The lowest BCUT2D eigenvalue weighted by atomic mass is 10.1. The van der Waals surface area contributed by atoms with Gasteiger partial charge in [-0.1, -0.05) is 25.1 Å². The Labute approximate surface area is 195 Å². The van der Waals surface area contributed by atoms with E-state index in [1.54, 1.807) is 0 Å². The zero-order valence-corrected chi connectivity index (χ0v) is 19.2. The van der Waals surface area contributed by atoms with Crippen molar-refractivity contribution in [2.45, 2.75) is 20.3 Å². The highest BCUT2D eigenvalue weighted by Gasteiger charge is 2.22. The summed E-state index contributed by atoms with van der Waals surface area (Å²) in [6, 6.07) is 19.7. The van der Waals surface area contributed by atoms with Crippen LogP contribution in [-0.2, 0) is 11.2 Å². The fraction of sp³-hybridized carbons (Fsp3) is 0.346. The summed E-state index contributed by atoms with van der Waals surface area (Å²) in [4.78, 5) is 16.6. The third kappa shape index (κ3) is 5.61. The van der Waals surface area contributed by atoms with Crippen molar-refractivity contribution in [3.63, 3.8) is 0 Å². The standard InChI is InChI=1S/C26H30N4O3/c1-3-20-7-5-6-8-24(20)33-19-26(31)30-17-15-29(16-18-30)25-14-13-23(27-28-25)21-9-11-22(12-10-21)32-4-2/h5-14H,3-4,15-19H2,1-2H3. The van der Waals surface area contributed by atoms with Gasteiger partial charge in [-0.15, -0.1) is 10.2 Å². The SMILES string of the molecule is CCOc1ccc(-c2ccc(N3CCN(C(=O)COc4ccccc4CC)CC3)nn2)cc1. The Kier molecular flexibility index (Phi) is 7.40. The molecule has 1 aromatic heterocycles. The van der Waals surface area contributed by atoms with Crippen LogP contribution in [0, 0.1) is 0 Å². The van der Waals surface area contributed by atoms with Gasteiger partial charge in [0.25, 0.3) is 5.91 Å². The number of benzene rings is 2. The Morgan fingerprint density at radius 2 is 1.64 bits per heavy atom. The minimum atomic E-state index is 0.0116. The van der Waals surface area contributed by atoms with Crippen LogP contribution in [0.3, 0.4) is 0 Å². The fourth-order valence-corrected chi connectivity index (χ4v) is 3.89. The van der Waals surface area contributed by atoms with Crippen LogP contribution in [0.5, 0.6) is 11.5 Å². The van der Waals surface area contributed by atoms with Crippen molar-refractivity contribution in [2.24, 2.45) is 0 Å². The maximum absolute atomic E-state index is 12.6. The topological polar surface area (TPSA) is 67.8 Å². The molecule has 7 nitrogen and oxygen atoms in total. The summed E-state index contributed by atoms with van der Waals surface area (Å²) < 4.78 is 11.3. The van der Waals surface area contributed by atoms with Crippen LogP contribution in [0.25, 0.3) is 11.3 Å². The molecule has 1 amide bonds. The van der Waals surface area contributed by atoms with Crippen LogP contribution in [0.1, 0.15) is 19.4 Å². The first kappa shape index (κ1) is 22.6. The van der Waals surface area contributed by atoms with Gasteiger partial charge in [0.1, 0.15) is 11.5 Å². The number of aromatic nitrogens is 2. The smallest absolute Gasteiger partial charge is 0.260 e. The fourth-order valence-electron chi connectivity index (χ4n) is 3.89. The first-order valence-corrected chi connectivity index (χ1v) is 11.5. The van der Waals surface area contributed by atoms with Gasteiger partial charge in [-0.25, -0.2) is 0 Å². The minimum Gasteiger partial charge on any atom is -0.494 e. The number of rotatable bonds is 8. The second-order valence-electron chi connectivity index (χ2n) is 7.85. The number of hydrogen-bond donors (Lipinski definition) is 0. The molecule has 0 radical (unpaired) electrons. The van der Waals surface area contributed by atoms with Crippen LogP contribution in [-0.4, -0.2) is 60.4 Å². The van der Waals surface area contributed by atoms with E-state index in [-0.39, 0.29) is 12.5 Å². The molecule has 0 saturated carbocycles. The summed E-state index contributed by atoms with van der Waals surface area (Å²) in [6.45, 7) is 7.47. The maximum Gasteiger partial charge on any atom is 0.260 e. The predicted molar refractivity (Wildman–Crippen MR) is 129 cm³/mol. The monoisotopic (exact) mass is 446 g/mol. The Morgan fingerprint density at radius 3 is 2.30 bits per heavy atom. The number of carbonyl (C=O) groups is 1. The molecular weight excluding hydrogens is 416 g/mol. The molecule has 3 aromatic rings. The van der Waals surface area contributed by atoms with Crippen LogP contribution in [0.15, 0.2) is 60.7 Å². The molecular formula is C26H30N4O3. The summed E-state index contributed by atoms with van der Waals surface area (Å²) in [7, 11) is 0. The Bertz CT molecular complexity index is 1050. The number of aryl methyl sites for hydroxylation is 1. The molecule has 0 spiro atoms. The molecule has 0 N–H and O–H groups in total. The summed E-state index contributed by atoms with van der Waals surface area (Å²) in [5.41, 5.74) is 2.93. The molecule has 0 aliphatic carbocycles. The van der Waals surface area contributed by atoms with Crippen molar-refractivity contribution in [1.82, 2.24) is 15.1 Å². The van der Waals surface area contributed by atoms with E-state index in [2.05, 4.69) is 22.0 Å².